The van der Waals surface area contributed by atoms with Crippen LogP contribution in [-0.2, 0) is 16.0 Å². The van der Waals surface area contributed by atoms with Gasteiger partial charge in [-0.1, -0.05) is 55.5 Å². The number of benzene rings is 3. The summed E-state index contributed by atoms with van der Waals surface area (Å²) in [5.74, 6) is 0.790. The minimum atomic E-state index is -0.753. The van der Waals surface area contributed by atoms with Gasteiger partial charge in [0.15, 0.2) is 0 Å². The van der Waals surface area contributed by atoms with Gasteiger partial charge in [-0.15, -0.1) is 0 Å². The van der Waals surface area contributed by atoms with Gasteiger partial charge in [0.25, 0.3) is 5.91 Å². The molecule has 0 aliphatic heterocycles. The summed E-state index contributed by atoms with van der Waals surface area (Å²) in [7, 11) is 2.98. The summed E-state index contributed by atoms with van der Waals surface area (Å²) in [5, 5.41) is 3.00. The normalized spacial score (nSPS) is 18.5. The molecule has 7 nitrogen and oxygen atoms in total. The lowest BCUT2D eigenvalue weighted by molar-refractivity contribution is 0.0950. The molecule has 37 heavy (non-hydrogen) atoms. The molecule has 2 aliphatic rings. The van der Waals surface area contributed by atoms with Crippen LogP contribution in [0.5, 0.6) is 0 Å². The summed E-state index contributed by atoms with van der Waals surface area (Å²) in [6, 6.07) is 19.9. The molecule has 0 spiro atoms. The topological polar surface area (TPSA) is 103 Å². The van der Waals surface area contributed by atoms with Crippen molar-refractivity contribution < 1.29 is 19.1 Å². The van der Waals surface area contributed by atoms with E-state index in [-0.39, 0.29) is 23.8 Å². The lowest BCUT2D eigenvalue weighted by atomic mass is 9.76. The van der Waals surface area contributed by atoms with Gasteiger partial charge in [0.1, 0.15) is 11.9 Å². The van der Waals surface area contributed by atoms with E-state index in [9.17, 15) is 9.59 Å². The molecule has 0 unspecified atom stereocenters. The number of amidine groups is 1. The van der Waals surface area contributed by atoms with Crippen LogP contribution in [0.1, 0.15) is 87.0 Å². The predicted molar refractivity (Wildman–Crippen MR) is 142 cm³/mol. The molecule has 2 atom stereocenters. The van der Waals surface area contributed by atoms with E-state index >= 15 is 0 Å². The lowest BCUT2D eigenvalue weighted by Crippen LogP contribution is -2.24. The Morgan fingerprint density at radius 3 is 2.22 bits per heavy atom. The monoisotopic (exact) mass is 497 g/mol. The average Bonchev–Trinajstić information content (AvgIpc) is 3.77. The standard InChI is InChI=1S/C30H31N3O4/c1-17-25-14-21(19-8-9-19)10-12-23(25)27(36-2)24-13-11-22(15-26(17)24)29(34)32-16-18-4-6-20(7-5-18)28(31)33-30(35)37-3/h4-7,10-15,17,19,27H,8-9,16H2,1-3H3,(H,32,34)(H2,31,33,35)/t17-,27+/m1/s1. The third kappa shape index (κ3) is 5.00. The third-order valence-corrected chi connectivity index (χ3v) is 7.33. The molecule has 1 saturated carbocycles. The van der Waals surface area contributed by atoms with Crippen molar-refractivity contribution in [3.63, 3.8) is 0 Å². The largest absolute Gasteiger partial charge is 0.451 e. The van der Waals surface area contributed by atoms with Gasteiger partial charge >= 0.3 is 6.09 Å². The van der Waals surface area contributed by atoms with Gasteiger partial charge in [-0.3, -0.25) is 4.79 Å². The van der Waals surface area contributed by atoms with Crippen LogP contribution in [0.3, 0.4) is 0 Å². The number of aliphatic imine (C=N–C) groups is 1. The molecular weight excluding hydrogens is 466 g/mol. The molecule has 1 fully saturated rings. The molecular formula is C30H31N3O4. The van der Waals surface area contributed by atoms with Crippen LogP contribution in [0.2, 0.25) is 0 Å². The Kier molecular flexibility index (Phi) is 6.80. The Bertz CT molecular complexity index is 1380. The summed E-state index contributed by atoms with van der Waals surface area (Å²) in [5.41, 5.74) is 14.1. The number of carbonyl (C=O) groups excluding carboxylic acids is 2. The highest BCUT2D eigenvalue weighted by Crippen LogP contribution is 2.47. The van der Waals surface area contributed by atoms with Crippen molar-refractivity contribution in [3.05, 3.63) is 105 Å². The van der Waals surface area contributed by atoms with Gasteiger partial charge in [-0.05, 0) is 64.3 Å². The number of nitrogens with one attached hydrogen (secondary N) is 1. The average molecular weight is 498 g/mol. The highest BCUT2D eigenvalue weighted by Gasteiger charge is 2.32. The fourth-order valence-electron chi connectivity index (χ4n) is 5.08. The summed E-state index contributed by atoms with van der Waals surface area (Å²) >= 11 is 0. The maximum Gasteiger partial charge on any atom is 0.435 e. The zero-order valence-electron chi connectivity index (χ0n) is 21.3. The van der Waals surface area contributed by atoms with E-state index in [2.05, 4.69) is 40.2 Å². The van der Waals surface area contributed by atoms with Crippen molar-refractivity contribution in [2.45, 2.75) is 44.2 Å². The minimum Gasteiger partial charge on any atom is -0.451 e. The Morgan fingerprint density at radius 1 is 0.919 bits per heavy atom. The molecule has 0 aromatic heterocycles. The van der Waals surface area contributed by atoms with Gasteiger partial charge in [0.05, 0.1) is 7.11 Å². The van der Waals surface area contributed by atoms with Crippen LogP contribution in [0.25, 0.3) is 0 Å². The van der Waals surface area contributed by atoms with Gasteiger partial charge in [0.2, 0.25) is 0 Å². The number of fused-ring (bicyclic) bond motifs is 2. The number of amides is 2. The third-order valence-electron chi connectivity index (χ3n) is 7.33. The second-order valence-corrected chi connectivity index (χ2v) is 9.69. The van der Waals surface area contributed by atoms with Crippen LogP contribution in [0.15, 0.2) is 65.7 Å². The summed E-state index contributed by atoms with van der Waals surface area (Å²) in [6.45, 7) is 2.56. The second kappa shape index (κ2) is 10.2. The van der Waals surface area contributed by atoms with E-state index in [1.54, 1.807) is 19.2 Å². The molecule has 190 valence electrons. The molecule has 3 aromatic carbocycles. The van der Waals surface area contributed by atoms with Crippen molar-refractivity contribution in [2.75, 3.05) is 14.2 Å². The Labute approximate surface area is 216 Å². The number of hydrogen-bond acceptors (Lipinski definition) is 4. The Balaban J connectivity index is 1.31. The molecule has 0 radical (unpaired) electrons. The van der Waals surface area contributed by atoms with E-state index in [1.807, 2.05) is 30.3 Å². The fourth-order valence-corrected chi connectivity index (χ4v) is 5.08. The molecule has 2 aliphatic carbocycles. The first-order valence-corrected chi connectivity index (χ1v) is 12.5. The molecule has 0 heterocycles. The number of ether oxygens (including phenoxy) is 2. The SMILES string of the molecule is COC(=O)N=C(N)c1ccc(CNC(=O)c2ccc3c(c2)[C@H](C)c2cc(C4CC4)ccc2[C@@H]3OC)cc1. The first kappa shape index (κ1) is 24.7. The first-order chi connectivity index (χ1) is 17.9. The first-order valence-electron chi connectivity index (χ1n) is 12.5. The van der Waals surface area contributed by atoms with Crippen LogP contribution in [-0.4, -0.2) is 32.1 Å². The van der Waals surface area contributed by atoms with Crippen molar-refractivity contribution in [2.24, 2.45) is 10.7 Å². The van der Waals surface area contributed by atoms with Crippen molar-refractivity contribution in [1.82, 2.24) is 5.32 Å². The summed E-state index contributed by atoms with van der Waals surface area (Å²) in [6.07, 6.45) is 1.63. The molecule has 2 amide bonds. The quantitative estimate of drug-likeness (QED) is 0.361. The van der Waals surface area contributed by atoms with Gasteiger partial charge in [-0.25, -0.2) is 4.79 Å². The molecule has 7 heteroatoms. The lowest BCUT2D eigenvalue weighted by Gasteiger charge is -2.32. The summed E-state index contributed by atoms with van der Waals surface area (Å²) in [4.78, 5) is 28.0. The zero-order chi connectivity index (χ0) is 26.1. The Hall–Kier alpha value is -3.97. The fraction of sp³-hybridized carbons (Fsp3) is 0.300. The Morgan fingerprint density at radius 2 is 1.57 bits per heavy atom. The van der Waals surface area contributed by atoms with Gasteiger partial charge in [-0.2, -0.15) is 4.99 Å². The van der Waals surface area contributed by atoms with E-state index in [4.69, 9.17) is 10.5 Å². The summed E-state index contributed by atoms with van der Waals surface area (Å²) < 4.78 is 10.4. The molecule has 0 bridgehead atoms. The van der Waals surface area contributed by atoms with Gasteiger partial charge < -0.3 is 20.5 Å². The minimum absolute atomic E-state index is 0.0748. The maximum absolute atomic E-state index is 13.1. The highest BCUT2D eigenvalue weighted by molar-refractivity contribution is 6.02. The van der Waals surface area contributed by atoms with E-state index in [0.29, 0.717) is 23.6 Å². The number of hydrogen-bond donors (Lipinski definition) is 2. The number of nitrogens with zero attached hydrogens (tertiary/aromatic N) is 1. The van der Waals surface area contributed by atoms with Crippen LogP contribution in [0.4, 0.5) is 4.79 Å². The molecule has 5 rings (SSSR count). The predicted octanol–water partition coefficient (Wildman–Crippen LogP) is 5.17. The highest BCUT2D eigenvalue weighted by atomic mass is 16.5. The van der Waals surface area contributed by atoms with Crippen LogP contribution < -0.4 is 11.1 Å². The second-order valence-electron chi connectivity index (χ2n) is 9.69. The van der Waals surface area contributed by atoms with Crippen LogP contribution >= 0.6 is 0 Å². The van der Waals surface area contributed by atoms with Crippen LogP contribution in [0, 0.1) is 0 Å². The maximum atomic E-state index is 13.1. The van der Waals surface area contributed by atoms with Crippen molar-refractivity contribution in [3.8, 4) is 0 Å². The number of nitrogens with two attached hydrogens (primary N) is 1. The van der Waals surface area contributed by atoms with E-state index in [1.165, 1.54) is 36.6 Å². The number of methoxy groups -OCH3 is 2. The molecule has 0 saturated heterocycles. The van der Waals surface area contributed by atoms with E-state index < -0.39 is 6.09 Å². The molecule has 3 N–H and O–H groups in total. The number of rotatable bonds is 6. The van der Waals surface area contributed by atoms with Crippen molar-refractivity contribution >= 4 is 17.8 Å². The number of carbonyl (C=O) groups is 2. The van der Waals surface area contributed by atoms with E-state index in [0.717, 1.165) is 16.7 Å². The molecule has 3 aromatic rings. The van der Waals surface area contributed by atoms with Gasteiger partial charge in [0, 0.05) is 30.7 Å². The zero-order valence-corrected chi connectivity index (χ0v) is 21.3. The van der Waals surface area contributed by atoms with Crippen molar-refractivity contribution in [1.29, 1.82) is 0 Å². The smallest absolute Gasteiger partial charge is 0.435 e.